The number of hydrogen-bond acceptors (Lipinski definition) is 0. The van der Waals surface area contributed by atoms with Crippen LogP contribution >= 0.6 is 0 Å². The van der Waals surface area contributed by atoms with E-state index in [4.69, 9.17) is 0 Å². The Morgan fingerprint density at radius 2 is 1.00 bits per heavy atom. The molecule has 0 aromatic rings. The van der Waals surface area contributed by atoms with Gasteiger partial charge in [0.05, 0.1) is 0 Å². The van der Waals surface area contributed by atoms with Gasteiger partial charge in [-0.1, -0.05) is 0 Å². The van der Waals surface area contributed by atoms with Crippen LogP contribution in [0.1, 0.15) is 0 Å². The van der Waals surface area contributed by atoms with Gasteiger partial charge in [0.25, 0.3) is 0 Å². The molecule has 22 valence electrons. The third-order valence-electron chi connectivity index (χ3n) is 0. The summed E-state index contributed by atoms with van der Waals surface area (Å²) in [5.74, 6) is 0. The summed E-state index contributed by atoms with van der Waals surface area (Å²) in [6, 6.07) is 0. The van der Waals surface area contributed by atoms with E-state index in [1.165, 1.54) is 0 Å². The Hall–Kier alpha value is 3.02. The molecule has 0 aliphatic rings. The number of hydrogen-bond donors (Lipinski definition) is 0. The van der Waals surface area contributed by atoms with Crippen molar-refractivity contribution in [2.45, 2.75) is 0 Å². The van der Waals surface area contributed by atoms with Crippen LogP contribution in [0.3, 0.4) is 0 Å². The SMILES string of the molecule is [Ru].[SnH2].[Ti].[Zr]. The number of rotatable bonds is 0. The van der Waals surface area contributed by atoms with E-state index in [1.54, 1.807) is 0 Å². The molecule has 0 amide bonds. The zero-order chi connectivity index (χ0) is 0. The molecule has 0 atom stereocenters. The van der Waals surface area contributed by atoms with E-state index in [0.29, 0.717) is 0 Å². The quantitative estimate of drug-likeness (QED) is 0.490. The van der Waals surface area contributed by atoms with Crippen molar-refractivity contribution in [3.05, 3.63) is 0 Å². The van der Waals surface area contributed by atoms with Gasteiger partial charge in [0.2, 0.25) is 0 Å². The predicted molar refractivity (Wildman–Crippen MR) is 8.54 cm³/mol. The molecule has 4 heteroatoms. The summed E-state index contributed by atoms with van der Waals surface area (Å²) in [7, 11) is 0. The van der Waals surface area contributed by atoms with E-state index in [0.717, 1.165) is 0 Å². The van der Waals surface area contributed by atoms with Crippen LogP contribution in [0.5, 0.6) is 0 Å². The second-order valence-electron chi connectivity index (χ2n) is 0. The van der Waals surface area contributed by atoms with Crippen molar-refractivity contribution in [3.63, 3.8) is 0 Å². The first kappa shape index (κ1) is 27.9. The topological polar surface area (TPSA) is 0 Å². The Labute approximate surface area is 89.6 Å². The van der Waals surface area contributed by atoms with Gasteiger partial charge >= 0.3 is 23.9 Å². The second-order valence-corrected chi connectivity index (χ2v) is 0. The van der Waals surface area contributed by atoms with Crippen LogP contribution in [-0.4, -0.2) is 23.9 Å². The van der Waals surface area contributed by atoms with Crippen LogP contribution in [-0.2, 0) is 67.4 Å². The average Bonchev–Trinajstić information content (AvgIpc) is 0. The first-order chi connectivity index (χ1) is 0. The fourth-order valence-corrected chi connectivity index (χ4v) is 0. The van der Waals surface area contributed by atoms with Crippen LogP contribution in [0.2, 0.25) is 0 Å². The normalized spacial score (nSPS) is 0. The molecule has 0 unspecified atom stereocenters. The van der Waals surface area contributed by atoms with Crippen molar-refractivity contribution in [1.82, 2.24) is 0 Å². The first-order valence-electron chi connectivity index (χ1n) is 0. The van der Waals surface area contributed by atoms with Crippen molar-refractivity contribution in [2.75, 3.05) is 0 Å². The fraction of sp³-hybridized carbons (Fsp3) is 0. The second kappa shape index (κ2) is 16.6. The predicted octanol–water partition coefficient (Wildman–Crippen LogP) is -0.924. The molecule has 0 aliphatic carbocycles. The van der Waals surface area contributed by atoms with E-state index in [2.05, 4.69) is 0 Å². The summed E-state index contributed by atoms with van der Waals surface area (Å²) in [5.41, 5.74) is 0. The molecule has 0 saturated carbocycles. The summed E-state index contributed by atoms with van der Waals surface area (Å²) < 4.78 is 0. The van der Waals surface area contributed by atoms with Crippen LogP contribution < -0.4 is 0 Å². The summed E-state index contributed by atoms with van der Waals surface area (Å²) in [6.07, 6.45) is 0. The Kier molecular flexibility index (Phi) is 116. The molecule has 0 bridgehead atoms. The van der Waals surface area contributed by atoms with E-state index >= 15 is 0 Å². The summed E-state index contributed by atoms with van der Waals surface area (Å²) in [4.78, 5) is 0. The van der Waals surface area contributed by atoms with E-state index < -0.39 is 0 Å². The molecule has 0 fully saturated rings. The van der Waals surface area contributed by atoms with E-state index in [9.17, 15) is 0 Å². The Bertz CT molecular complexity index is 8.00. The first-order valence-corrected chi connectivity index (χ1v) is 0. The van der Waals surface area contributed by atoms with Gasteiger partial charge in [0.1, 0.15) is 0 Å². The molecule has 0 nitrogen and oxygen atoms in total. The smallest absolute Gasteiger partial charge is 0 e. The Morgan fingerprint density at radius 1 is 1.00 bits per heavy atom. The minimum Gasteiger partial charge on any atom is 0 e. The molecular formula is H2RuSnTiZr. The van der Waals surface area contributed by atoms with Gasteiger partial charge in [-0.05, 0) is 0 Å². The van der Waals surface area contributed by atoms with Crippen LogP contribution in [0.4, 0.5) is 0 Å². The van der Waals surface area contributed by atoms with Gasteiger partial charge in [-0.2, -0.15) is 0 Å². The maximum absolute atomic E-state index is 0. The van der Waals surface area contributed by atoms with Gasteiger partial charge in [0.15, 0.2) is 0 Å². The molecule has 0 spiro atoms. The van der Waals surface area contributed by atoms with Crippen molar-refractivity contribution in [2.24, 2.45) is 0 Å². The molecule has 0 saturated heterocycles. The van der Waals surface area contributed by atoms with E-state index in [1.807, 2.05) is 0 Å². The van der Waals surface area contributed by atoms with Gasteiger partial charge in [-0.25, -0.2) is 0 Å². The molecule has 0 aromatic heterocycles. The van der Waals surface area contributed by atoms with Crippen molar-refractivity contribution >= 4 is 23.9 Å². The van der Waals surface area contributed by atoms with Crippen molar-refractivity contribution in [1.29, 1.82) is 0 Å². The Morgan fingerprint density at radius 3 is 1.00 bits per heavy atom. The third-order valence-corrected chi connectivity index (χ3v) is 0. The maximum atomic E-state index is 0. The standard InChI is InChI=1S/Ru.Sn.Ti.Zr.2H. The molecule has 4 heavy (non-hydrogen) atoms. The monoisotopic (exact) mass is 362 g/mol. The minimum absolute atomic E-state index is 0. The van der Waals surface area contributed by atoms with Crippen molar-refractivity contribution in [3.8, 4) is 0 Å². The third kappa shape index (κ3) is 8.89. The molecule has 0 N–H and O–H groups in total. The minimum atomic E-state index is 0. The largest absolute Gasteiger partial charge is 0 e. The van der Waals surface area contributed by atoms with Crippen LogP contribution in [0, 0.1) is 0 Å². The van der Waals surface area contributed by atoms with E-state index in [-0.39, 0.29) is 91.3 Å². The zero-order valence-corrected chi connectivity index (χ0v) is 11.9. The van der Waals surface area contributed by atoms with Gasteiger partial charge in [0, 0.05) is 67.4 Å². The molecular weight excluding hydrogens is 359 g/mol. The van der Waals surface area contributed by atoms with Gasteiger partial charge in [-0.3, -0.25) is 0 Å². The molecule has 0 heterocycles. The maximum Gasteiger partial charge on any atom is 0 e. The summed E-state index contributed by atoms with van der Waals surface area (Å²) in [5, 5.41) is 0. The van der Waals surface area contributed by atoms with Crippen LogP contribution in [0.15, 0.2) is 0 Å². The molecule has 0 aliphatic heterocycles. The van der Waals surface area contributed by atoms with Crippen LogP contribution in [0.25, 0.3) is 0 Å². The summed E-state index contributed by atoms with van der Waals surface area (Å²) in [6.45, 7) is 0. The van der Waals surface area contributed by atoms with Crippen molar-refractivity contribution < 1.29 is 67.4 Å². The fourth-order valence-electron chi connectivity index (χ4n) is 0. The molecule has 0 aromatic carbocycles. The average molecular weight is 361 g/mol. The molecule has 0 rings (SSSR count). The molecule has 2 radical (unpaired) electrons. The van der Waals surface area contributed by atoms with Gasteiger partial charge < -0.3 is 0 Å². The Balaban J connectivity index is 0. The van der Waals surface area contributed by atoms with Gasteiger partial charge in [-0.15, -0.1) is 0 Å². The zero-order valence-electron chi connectivity index (χ0n) is 2.06. The summed E-state index contributed by atoms with van der Waals surface area (Å²) >= 11 is 0.